The quantitative estimate of drug-likeness (QED) is 0.599. The normalized spacial score (nSPS) is 22.4. The lowest BCUT2D eigenvalue weighted by molar-refractivity contribution is -0.105. The van der Waals surface area contributed by atoms with Gasteiger partial charge in [-0.15, -0.1) is 11.8 Å². The summed E-state index contributed by atoms with van der Waals surface area (Å²) in [6, 6.07) is 0. The number of carbonyl (C=O) groups excluding carboxylic acids is 1. The minimum Gasteiger partial charge on any atom is -0.378 e. The number of hydrogen-bond donors (Lipinski definition) is 1. The van der Waals surface area contributed by atoms with Gasteiger partial charge in [-0.2, -0.15) is 0 Å². The van der Waals surface area contributed by atoms with Crippen molar-refractivity contribution in [2.24, 2.45) is 0 Å². The van der Waals surface area contributed by atoms with Gasteiger partial charge in [-0.3, -0.25) is 4.79 Å². The van der Waals surface area contributed by atoms with Crippen molar-refractivity contribution in [1.82, 2.24) is 5.32 Å². The van der Waals surface area contributed by atoms with Crippen molar-refractivity contribution < 1.29 is 4.79 Å². The van der Waals surface area contributed by atoms with E-state index in [0.717, 1.165) is 30.6 Å². The van der Waals surface area contributed by atoms with E-state index in [-0.39, 0.29) is 0 Å². The van der Waals surface area contributed by atoms with Crippen LogP contribution < -0.4 is 5.32 Å². The van der Waals surface area contributed by atoms with Crippen LogP contribution in [-0.2, 0) is 4.79 Å². The topological polar surface area (TPSA) is 29.1 Å². The highest BCUT2D eigenvalue weighted by Crippen LogP contribution is 2.33. The summed E-state index contributed by atoms with van der Waals surface area (Å²) < 4.78 is 0. The highest BCUT2D eigenvalue weighted by molar-refractivity contribution is 8.03. The summed E-state index contributed by atoms with van der Waals surface area (Å²) >= 11 is 1.78. The largest absolute Gasteiger partial charge is 0.378 e. The number of rotatable bonds is 1. The van der Waals surface area contributed by atoms with Gasteiger partial charge in [0.2, 0.25) is 0 Å². The first-order chi connectivity index (χ1) is 5.40. The Hall–Kier alpha value is -0.700. The molecule has 3 heteroatoms. The van der Waals surface area contributed by atoms with Crippen LogP contribution in [0.4, 0.5) is 0 Å². The molecule has 0 amide bonds. The molecule has 1 aliphatic heterocycles. The number of nitrogens with one attached hydrogen (secondary N) is 1. The number of allylic oxidation sites excluding steroid dienone is 3. The maximum Gasteiger partial charge on any atom is 0.146 e. The molecule has 58 valence electrons. The van der Waals surface area contributed by atoms with Crippen LogP contribution in [-0.4, -0.2) is 12.2 Å². The van der Waals surface area contributed by atoms with Gasteiger partial charge in [0.25, 0.3) is 0 Å². The molecule has 0 aromatic heterocycles. The molecule has 0 saturated carbocycles. The number of hydrogen-bond acceptors (Lipinski definition) is 3. The summed E-state index contributed by atoms with van der Waals surface area (Å²) in [5, 5.41) is 3.29. The van der Waals surface area contributed by atoms with Gasteiger partial charge in [0.15, 0.2) is 0 Å². The molecule has 11 heavy (non-hydrogen) atoms. The highest BCUT2D eigenvalue weighted by Gasteiger charge is 2.17. The Kier molecular flexibility index (Phi) is 1.74. The second-order valence-corrected chi connectivity index (χ2v) is 3.66. The Balaban J connectivity index is 2.27. The third-order valence-corrected chi connectivity index (χ3v) is 2.91. The molecule has 0 atom stereocenters. The molecule has 0 bridgehead atoms. The van der Waals surface area contributed by atoms with E-state index >= 15 is 0 Å². The lowest BCUT2D eigenvalue weighted by Gasteiger charge is -2.09. The molecule has 1 aliphatic carbocycles. The molecule has 0 aromatic rings. The molecule has 0 fully saturated rings. The summed E-state index contributed by atoms with van der Waals surface area (Å²) in [5.41, 5.74) is 2.25. The number of carbonyl (C=O) groups is 1. The molecule has 2 rings (SSSR count). The van der Waals surface area contributed by atoms with Gasteiger partial charge in [0.05, 0.1) is 5.88 Å². The Morgan fingerprint density at radius 1 is 1.55 bits per heavy atom. The van der Waals surface area contributed by atoms with Gasteiger partial charge in [-0.25, -0.2) is 0 Å². The molecule has 1 heterocycles. The fraction of sp³-hybridized carbons (Fsp3) is 0.375. The number of thioether (sulfide) groups is 1. The van der Waals surface area contributed by atoms with Crippen LogP contribution >= 0.6 is 11.8 Å². The Bertz CT molecular complexity index is 255. The lowest BCUT2D eigenvalue weighted by Crippen LogP contribution is -2.08. The molecule has 1 N–H and O–H groups in total. The maximum atomic E-state index is 10.4. The molecule has 0 unspecified atom stereocenters. The van der Waals surface area contributed by atoms with Gasteiger partial charge in [0.1, 0.15) is 6.29 Å². The molecule has 0 saturated heterocycles. The minimum atomic E-state index is 0.899. The van der Waals surface area contributed by atoms with E-state index < -0.39 is 0 Å². The second kappa shape index (κ2) is 2.74. The minimum absolute atomic E-state index is 0.899. The molecule has 2 aliphatic rings. The first kappa shape index (κ1) is 6.98. The second-order valence-electron chi connectivity index (χ2n) is 2.65. The van der Waals surface area contributed by atoms with Crippen LogP contribution in [0.3, 0.4) is 0 Å². The summed E-state index contributed by atoms with van der Waals surface area (Å²) in [6.07, 6.45) is 4.86. The highest BCUT2D eigenvalue weighted by atomic mass is 32.2. The smallest absolute Gasteiger partial charge is 0.146 e. The molecule has 2 nitrogen and oxygen atoms in total. The van der Waals surface area contributed by atoms with Crippen molar-refractivity contribution >= 4 is 18.0 Å². The predicted molar refractivity (Wildman–Crippen MR) is 46.0 cm³/mol. The van der Waals surface area contributed by atoms with E-state index in [2.05, 4.69) is 5.32 Å². The fourth-order valence-electron chi connectivity index (χ4n) is 1.32. The summed E-state index contributed by atoms with van der Waals surface area (Å²) in [6.45, 7) is 0. The van der Waals surface area contributed by atoms with Crippen molar-refractivity contribution in [2.45, 2.75) is 12.8 Å². The zero-order chi connectivity index (χ0) is 7.68. The maximum absolute atomic E-state index is 10.4. The summed E-state index contributed by atoms with van der Waals surface area (Å²) in [7, 11) is 0. The van der Waals surface area contributed by atoms with Crippen LogP contribution in [0.25, 0.3) is 0 Å². The van der Waals surface area contributed by atoms with Gasteiger partial charge in [0, 0.05) is 10.6 Å². The van der Waals surface area contributed by atoms with E-state index in [4.69, 9.17) is 0 Å². The zero-order valence-electron chi connectivity index (χ0n) is 6.09. The monoisotopic (exact) mass is 167 g/mol. The summed E-state index contributed by atoms with van der Waals surface area (Å²) in [4.78, 5) is 11.7. The van der Waals surface area contributed by atoms with Crippen molar-refractivity contribution in [3.05, 3.63) is 22.3 Å². The fourth-order valence-corrected chi connectivity index (χ4v) is 2.30. The molecule has 0 radical (unpaired) electrons. The van der Waals surface area contributed by atoms with Crippen molar-refractivity contribution in [2.75, 3.05) is 5.88 Å². The first-order valence-corrected chi connectivity index (χ1v) is 4.64. The van der Waals surface area contributed by atoms with E-state index in [1.54, 1.807) is 11.8 Å². The van der Waals surface area contributed by atoms with Gasteiger partial charge in [-0.05, 0) is 24.5 Å². The standard InChI is InChI=1S/C8H9NOS/c10-4-6-1-2-7-8(3-6)11-5-9-7/h3-4,9H,1-2,5H2. The summed E-state index contributed by atoms with van der Waals surface area (Å²) in [5.74, 6) is 0.966. The Morgan fingerprint density at radius 3 is 3.27 bits per heavy atom. The van der Waals surface area contributed by atoms with Crippen molar-refractivity contribution in [3.63, 3.8) is 0 Å². The van der Waals surface area contributed by atoms with Gasteiger partial charge < -0.3 is 5.32 Å². The zero-order valence-corrected chi connectivity index (χ0v) is 6.91. The molecule has 0 aromatic carbocycles. The third-order valence-electron chi connectivity index (χ3n) is 1.94. The number of aldehydes is 1. The van der Waals surface area contributed by atoms with E-state index in [0.29, 0.717) is 0 Å². The van der Waals surface area contributed by atoms with Crippen LogP contribution in [0.15, 0.2) is 22.3 Å². The Morgan fingerprint density at radius 2 is 2.45 bits per heavy atom. The van der Waals surface area contributed by atoms with Crippen LogP contribution in [0, 0.1) is 0 Å². The van der Waals surface area contributed by atoms with E-state index in [1.165, 1.54) is 10.6 Å². The lowest BCUT2D eigenvalue weighted by atomic mass is 10.0. The molecular formula is C8H9NOS. The van der Waals surface area contributed by atoms with Crippen LogP contribution in [0.5, 0.6) is 0 Å². The van der Waals surface area contributed by atoms with E-state index in [1.807, 2.05) is 6.08 Å². The third kappa shape index (κ3) is 1.20. The van der Waals surface area contributed by atoms with Gasteiger partial charge in [-0.1, -0.05) is 0 Å². The van der Waals surface area contributed by atoms with Crippen molar-refractivity contribution in [3.8, 4) is 0 Å². The predicted octanol–water partition coefficient (Wildman–Crippen LogP) is 1.41. The average Bonchev–Trinajstić information content (AvgIpc) is 2.50. The van der Waals surface area contributed by atoms with Crippen LogP contribution in [0.1, 0.15) is 12.8 Å². The van der Waals surface area contributed by atoms with E-state index in [9.17, 15) is 4.79 Å². The molecule has 0 spiro atoms. The van der Waals surface area contributed by atoms with Crippen molar-refractivity contribution in [1.29, 1.82) is 0 Å². The molecular weight excluding hydrogens is 158 g/mol. The Labute approximate surface area is 69.7 Å². The average molecular weight is 167 g/mol. The van der Waals surface area contributed by atoms with Gasteiger partial charge >= 0.3 is 0 Å². The first-order valence-electron chi connectivity index (χ1n) is 3.66. The van der Waals surface area contributed by atoms with Crippen LogP contribution in [0.2, 0.25) is 0 Å². The SMILES string of the molecule is O=CC1=CC2=C(CC1)NCS2.